The molecule has 126 valence electrons. The van der Waals surface area contributed by atoms with Crippen LogP contribution in [0, 0.1) is 0 Å². The molecule has 0 saturated carbocycles. The number of nitrogens with one attached hydrogen (secondary N) is 2. The molecule has 0 spiro atoms. The van der Waals surface area contributed by atoms with Crippen LogP contribution in [0.15, 0.2) is 54.6 Å². The summed E-state index contributed by atoms with van der Waals surface area (Å²) in [5.74, 6) is -0.424. The van der Waals surface area contributed by atoms with Gasteiger partial charge >= 0.3 is 0 Å². The van der Waals surface area contributed by atoms with Crippen molar-refractivity contribution < 1.29 is 9.59 Å². The van der Waals surface area contributed by atoms with Crippen molar-refractivity contribution in [2.45, 2.75) is 0 Å². The van der Waals surface area contributed by atoms with E-state index in [4.69, 9.17) is 23.2 Å². The zero-order valence-corrected chi connectivity index (χ0v) is 14.4. The molecular weight excluding hydrogens is 361 g/mol. The van der Waals surface area contributed by atoms with Gasteiger partial charge in [-0.3, -0.25) is 9.59 Å². The number of hydrogen-bond acceptors (Lipinski definition) is 3. The molecule has 0 aliphatic carbocycles. The van der Waals surface area contributed by atoms with Crippen LogP contribution in [0.4, 0.5) is 5.82 Å². The van der Waals surface area contributed by atoms with E-state index in [1.807, 2.05) is 30.3 Å². The zero-order valence-electron chi connectivity index (χ0n) is 12.9. The lowest BCUT2D eigenvalue weighted by atomic mass is 10.2. The number of para-hydroxylation sites is 1. The van der Waals surface area contributed by atoms with E-state index >= 15 is 0 Å². The second-order valence-electron chi connectivity index (χ2n) is 5.24. The second-order valence-corrected chi connectivity index (χ2v) is 6.09. The van der Waals surface area contributed by atoms with Gasteiger partial charge in [-0.15, -0.1) is 0 Å². The lowest BCUT2D eigenvalue weighted by Gasteiger charge is -2.08. The Kier molecular flexibility index (Phi) is 5.16. The van der Waals surface area contributed by atoms with Crippen LogP contribution in [0.5, 0.6) is 0 Å². The quantitative estimate of drug-likeness (QED) is 0.728. The summed E-state index contributed by atoms with van der Waals surface area (Å²) in [5.41, 5.74) is 1.03. The van der Waals surface area contributed by atoms with Gasteiger partial charge in [0.15, 0.2) is 0 Å². The number of anilines is 1. The Morgan fingerprint density at radius 3 is 2.60 bits per heavy atom. The van der Waals surface area contributed by atoms with Gasteiger partial charge in [0.25, 0.3) is 5.91 Å². The average molecular weight is 374 g/mol. The van der Waals surface area contributed by atoms with Crippen LogP contribution in [0.25, 0.3) is 10.9 Å². The van der Waals surface area contributed by atoms with Crippen LogP contribution in [-0.2, 0) is 4.79 Å². The minimum atomic E-state index is -0.455. The number of hydrogen-bond donors (Lipinski definition) is 2. The van der Waals surface area contributed by atoms with Gasteiger partial charge in [0.2, 0.25) is 5.91 Å². The fourth-order valence-corrected chi connectivity index (χ4v) is 2.75. The highest BCUT2D eigenvalue weighted by molar-refractivity contribution is 6.36. The minimum absolute atomic E-state index is 0.202. The monoisotopic (exact) mass is 373 g/mol. The fraction of sp³-hybridized carbons (Fsp3) is 0.0556. The van der Waals surface area contributed by atoms with Crippen molar-refractivity contribution in [3.05, 3.63) is 70.2 Å². The average Bonchev–Trinajstić information content (AvgIpc) is 2.59. The molecule has 3 aromatic rings. The van der Waals surface area contributed by atoms with Crippen molar-refractivity contribution in [3.63, 3.8) is 0 Å². The first kappa shape index (κ1) is 17.2. The van der Waals surface area contributed by atoms with Crippen LogP contribution in [0.1, 0.15) is 10.4 Å². The Morgan fingerprint density at radius 2 is 1.80 bits per heavy atom. The molecule has 0 saturated heterocycles. The molecule has 25 heavy (non-hydrogen) atoms. The standard InChI is InChI=1S/C18H13Cl2N3O2/c19-12-6-7-13(14(20)9-12)18(25)21-10-17(24)23-16-8-5-11-3-1-2-4-15(11)22-16/h1-9H,10H2,(H,21,25)(H,22,23,24). The number of pyridine rings is 1. The maximum absolute atomic E-state index is 12.1. The summed E-state index contributed by atoms with van der Waals surface area (Å²) in [5, 5.41) is 6.79. The largest absolute Gasteiger partial charge is 0.343 e. The first-order chi connectivity index (χ1) is 12.0. The summed E-state index contributed by atoms with van der Waals surface area (Å²) in [6.45, 7) is -0.202. The number of carbonyl (C=O) groups excluding carboxylic acids is 2. The normalized spacial score (nSPS) is 10.5. The van der Waals surface area contributed by atoms with Crippen molar-refractivity contribution in [3.8, 4) is 0 Å². The molecule has 0 aliphatic rings. The number of fused-ring (bicyclic) bond motifs is 1. The Morgan fingerprint density at radius 1 is 1.00 bits per heavy atom. The molecule has 0 aliphatic heterocycles. The SMILES string of the molecule is O=C(CNC(=O)c1ccc(Cl)cc1Cl)Nc1ccc2ccccc2n1. The molecule has 0 fully saturated rings. The lowest BCUT2D eigenvalue weighted by Crippen LogP contribution is -2.33. The molecule has 3 rings (SSSR count). The highest BCUT2D eigenvalue weighted by atomic mass is 35.5. The summed E-state index contributed by atoms with van der Waals surface area (Å²) in [6.07, 6.45) is 0. The van der Waals surface area contributed by atoms with Crippen molar-refractivity contribution in [2.24, 2.45) is 0 Å². The van der Waals surface area contributed by atoms with E-state index in [1.165, 1.54) is 12.1 Å². The molecule has 1 heterocycles. The van der Waals surface area contributed by atoms with E-state index in [0.717, 1.165) is 10.9 Å². The molecule has 2 N–H and O–H groups in total. The Balaban J connectivity index is 1.61. The van der Waals surface area contributed by atoms with E-state index in [2.05, 4.69) is 15.6 Å². The van der Waals surface area contributed by atoms with Crippen LogP contribution >= 0.6 is 23.2 Å². The summed E-state index contributed by atoms with van der Waals surface area (Å²) in [6, 6.07) is 15.7. The molecule has 2 amide bonds. The first-order valence-corrected chi connectivity index (χ1v) is 8.17. The summed E-state index contributed by atoms with van der Waals surface area (Å²) < 4.78 is 0. The molecule has 5 nitrogen and oxygen atoms in total. The van der Waals surface area contributed by atoms with Crippen molar-refractivity contribution in [2.75, 3.05) is 11.9 Å². The Bertz CT molecular complexity index is 960. The summed E-state index contributed by atoms with van der Waals surface area (Å²) in [7, 11) is 0. The number of benzene rings is 2. The Hall–Kier alpha value is -2.63. The third-order valence-electron chi connectivity index (χ3n) is 3.45. The number of amides is 2. The number of nitrogens with zero attached hydrogens (tertiary/aromatic N) is 1. The van der Waals surface area contributed by atoms with Gasteiger partial charge in [0.1, 0.15) is 5.82 Å². The summed E-state index contributed by atoms with van der Waals surface area (Å²) in [4.78, 5) is 28.4. The summed E-state index contributed by atoms with van der Waals surface area (Å²) >= 11 is 11.8. The van der Waals surface area contributed by atoms with Crippen molar-refractivity contribution in [1.82, 2.24) is 10.3 Å². The van der Waals surface area contributed by atoms with Gasteiger partial charge < -0.3 is 10.6 Å². The van der Waals surface area contributed by atoms with Crippen LogP contribution in [0.2, 0.25) is 10.0 Å². The molecule has 1 aromatic heterocycles. The van der Waals surface area contributed by atoms with E-state index in [-0.39, 0.29) is 23.0 Å². The van der Waals surface area contributed by atoms with E-state index in [0.29, 0.717) is 10.8 Å². The molecule has 0 bridgehead atoms. The highest BCUT2D eigenvalue weighted by Crippen LogP contribution is 2.20. The number of halogens is 2. The van der Waals surface area contributed by atoms with Crippen molar-refractivity contribution >= 4 is 51.7 Å². The van der Waals surface area contributed by atoms with Gasteiger partial charge in [-0.25, -0.2) is 4.98 Å². The van der Waals surface area contributed by atoms with Gasteiger partial charge in [-0.2, -0.15) is 0 Å². The molecule has 0 atom stereocenters. The maximum Gasteiger partial charge on any atom is 0.253 e. The second kappa shape index (κ2) is 7.51. The van der Waals surface area contributed by atoms with Gasteiger partial charge in [-0.1, -0.05) is 41.4 Å². The van der Waals surface area contributed by atoms with E-state index in [9.17, 15) is 9.59 Å². The smallest absolute Gasteiger partial charge is 0.253 e. The molecule has 0 unspecified atom stereocenters. The fourth-order valence-electron chi connectivity index (χ4n) is 2.25. The molecule has 0 radical (unpaired) electrons. The topological polar surface area (TPSA) is 71.1 Å². The maximum atomic E-state index is 12.1. The predicted octanol–water partition coefficient (Wildman–Crippen LogP) is 3.91. The van der Waals surface area contributed by atoms with Crippen LogP contribution < -0.4 is 10.6 Å². The van der Waals surface area contributed by atoms with Gasteiger partial charge in [0.05, 0.1) is 22.6 Å². The first-order valence-electron chi connectivity index (χ1n) is 7.42. The van der Waals surface area contributed by atoms with Crippen LogP contribution in [0.3, 0.4) is 0 Å². The molecule has 2 aromatic carbocycles. The Labute approximate surface area is 154 Å². The highest BCUT2D eigenvalue weighted by Gasteiger charge is 2.12. The third kappa shape index (κ3) is 4.26. The van der Waals surface area contributed by atoms with E-state index < -0.39 is 5.91 Å². The lowest BCUT2D eigenvalue weighted by molar-refractivity contribution is -0.115. The van der Waals surface area contributed by atoms with Gasteiger partial charge in [-0.05, 0) is 36.4 Å². The number of rotatable bonds is 4. The number of carbonyl (C=O) groups is 2. The third-order valence-corrected chi connectivity index (χ3v) is 4.00. The molecular formula is C18H13Cl2N3O2. The number of aromatic nitrogens is 1. The van der Waals surface area contributed by atoms with Crippen LogP contribution in [-0.4, -0.2) is 23.3 Å². The van der Waals surface area contributed by atoms with Gasteiger partial charge in [0, 0.05) is 10.4 Å². The van der Waals surface area contributed by atoms with E-state index in [1.54, 1.807) is 12.1 Å². The van der Waals surface area contributed by atoms with Crippen molar-refractivity contribution in [1.29, 1.82) is 0 Å². The minimum Gasteiger partial charge on any atom is -0.343 e. The predicted molar refractivity (Wildman–Crippen MR) is 99.2 cm³/mol. The molecule has 7 heteroatoms. The zero-order chi connectivity index (χ0) is 17.8.